The number of thioether (sulfide) groups is 1. The molecule has 0 aliphatic rings. The quantitative estimate of drug-likeness (QED) is 0.501. The molecular weight excluding hydrogens is 309 g/mol. The summed E-state index contributed by atoms with van der Waals surface area (Å²) >= 11 is 1.57. The highest BCUT2D eigenvalue weighted by molar-refractivity contribution is 7.99. The fourth-order valence-electron chi connectivity index (χ4n) is 2.15. The summed E-state index contributed by atoms with van der Waals surface area (Å²) in [5, 5.41) is 9.40. The Balaban J connectivity index is 2.10. The van der Waals surface area contributed by atoms with Crippen LogP contribution in [0.3, 0.4) is 0 Å². The van der Waals surface area contributed by atoms with Gasteiger partial charge in [-0.05, 0) is 31.2 Å². The van der Waals surface area contributed by atoms with E-state index >= 15 is 0 Å². The van der Waals surface area contributed by atoms with Gasteiger partial charge in [0, 0.05) is 17.0 Å². The molecule has 3 nitrogen and oxygen atoms in total. The van der Waals surface area contributed by atoms with E-state index in [4.69, 9.17) is 0 Å². The number of aromatic nitrogens is 3. The minimum absolute atomic E-state index is 0.265. The molecule has 2 aromatic carbocycles. The third-order valence-electron chi connectivity index (χ3n) is 3.20. The number of halogens is 1. The van der Waals surface area contributed by atoms with Gasteiger partial charge in [0.2, 0.25) is 0 Å². The van der Waals surface area contributed by atoms with Crippen LogP contribution in [0.4, 0.5) is 4.39 Å². The SMILES string of the molecule is C=C(C)CSc1nnc(-c2ccccc2)n1-c1ccc(F)cc1. The molecule has 0 radical (unpaired) electrons. The van der Waals surface area contributed by atoms with Gasteiger partial charge in [0.25, 0.3) is 0 Å². The molecule has 5 heteroatoms. The van der Waals surface area contributed by atoms with Gasteiger partial charge in [-0.1, -0.05) is 54.2 Å². The summed E-state index contributed by atoms with van der Waals surface area (Å²) in [5.74, 6) is 1.23. The van der Waals surface area contributed by atoms with Gasteiger partial charge >= 0.3 is 0 Å². The van der Waals surface area contributed by atoms with Gasteiger partial charge in [-0.2, -0.15) is 0 Å². The predicted molar refractivity (Wildman–Crippen MR) is 92.3 cm³/mol. The third-order valence-corrected chi connectivity index (χ3v) is 4.36. The molecule has 0 aliphatic heterocycles. The smallest absolute Gasteiger partial charge is 0.196 e. The van der Waals surface area contributed by atoms with Crippen molar-refractivity contribution in [3.05, 3.63) is 72.6 Å². The molecule has 0 fully saturated rings. The van der Waals surface area contributed by atoms with E-state index in [-0.39, 0.29) is 5.82 Å². The molecule has 0 N–H and O–H groups in total. The highest BCUT2D eigenvalue weighted by Gasteiger charge is 2.16. The van der Waals surface area contributed by atoms with E-state index in [1.54, 1.807) is 23.9 Å². The van der Waals surface area contributed by atoms with Crippen LogP contribution < -0.4 is 0 Å². The number of rotatable bonds is 5. The Morgan fingerprint density at radius 2 is 1.78 bits per heavy atom. The van der Waals surface area contributed by atoms with Gasteiger partial charge in [-0.3, -0.25) is 4.57 Å². The average molecular weight is 325 g/mol. The Bertz CT molecular complexity index is 810. The van der Waals surface area contributed by atoms with Crippen molar-refractivity contribution in [1.29, 1.82) is 0 Å². The molecule has 0 aliphatic carbocycles. The summed E-state index contributed by atoms with van der Waals surface area (Å²) < 4.78 is 15.2. The number of hydrogen-bond donors (Lipinski definition) is 0. The van der Waals surface area contributed by atoms with Crippen LogP contribution in [0.15, 0.2) is 71.9 Å². The Kier molecular flexibility index (Phi) is 4.57. The highest BCUT2D eigenvalue weighted by atomic mass is 32.2. The summed E-state index contributed by atoms with van der Waals surface area (Å²) in [5.41, 5.74) is 2.86. The summed E-state index contributed by atoms with van der Waals surface area (Å²) in [4.78, 5) is 0. The molecule has 1 aromatic heterocycles. The van der Waals surface area contributed by atoms with Crippen molar-refractivity contribution in [3.63, 3.8) is 0 Å². The van der Waals surface area contributed by atoms with E-state index < -0.39 is 0 Å². The minimum atomic E-state index is -0.265. The zero-order chi connectivity index (χ0) is 16.2. The number of nitrogens with zero attached hydrogens (tertiary/aromatic N) is 3. The Morgan fingerprint density at radius 3 is 2.43 bits per heavy atom. The van der Waals surface area contributed by atoms with E-state index in [1.165, 1.54) is 12.1 Å². The highest BCUT2D eigenvalue weighted by Crippen LogP contribution is 2.28. The third kappa shape index (κ3) is 3.51. The first-order valence-electron chi connectivity index (χ1n) is 7.19. The lowest BCUT2D eigenvalue weighted by Gasteiger charge is -2.10. The largest absolute Gasteiger partial charge is 0.270 e. The molecular formula is C18H16FN3S. The van der Waals surface area contributed by atoms with Gasteiger partial charge in [-0.25, -0.2) is 4.39 Å². The van der Waals surface area contributed by atoms with Gasteiger partial charge in [0.05, 0.1) is 0 Å². The van der Waals surface area contributed by atoms with Crippen molar-refractivity contribution < 1.29 is 4.39 Å². The average Bonchev–Trinajstić information content (AvgIpc) is 2.98. The van der Waals surface area contributed by atoms with E-state index in [1.807, 2.05) is 41.8 Å². The lowest BCUT2D eigenvalue weighted by atomic mass is 10.2. The van der Waals surface area contributed by atoms with Gasteiger partial charge in [-0.15, -0.1) is 10.2 Å². The molecule has 0 amide bonds. The van der Waals surface area contributed by atoms with Crippen molar-refractivity contribution in [2.24, 2.45) is 0 Å². The molecule has 0 saturated heterocycles. The zero-order valence-corrected chi connectivity index (χ0v) is 13.6. The normalized spacial score (nSPS) is 10.7. The summed E-state index contributed by atoms with van der Waals surface area (Å²) in [7, 11) is 0. The lowest BCUT2D eigenvalue weighted by molar-refractivity contribution is 0.627. The Hall–Kier alpha value is -2.40. The van der Waals surface area contributed by atoms with Crippen LogP contribution in [-0.4, -0.2) is 20.5 Å². The minimum Gasteiger partial charge on any atom is -0.270 e. The molecule has 0 saturated carbocycles. The maximum atomic E-state index is 13.2. The van der Waals surface area contributed by atoms with Crippen LogP contribution in [-0.2, 0) is 0 Å². The first-order valence-corrected chi connectivity index (χ1v) is 8.17. The molecule has 1 heterocycles. The van der Waals surface area contributed by atoms with Crippen LogP contribution in [0.2, 0.25) is 0 Å². The molecule has 3 aromatic rings. The second-order valence-electron chi connectivity index (χ2n) is 5.23. The van der Waals surface area contributed by atoms with Gasteiger partial charge in [0.1, 0.15) is 5.82 Å². The van der Waals surface area contributed by atoms with E-state index in [9.17, 15) is 4.39 Å². The second kappa shape index (κ2) is 6.79. The van der Waals surface area contributed by atoms with Crippen LogP contribution in [0, 0.1) is 5.82 Å². The predicted octanol–water partition coefficient (Wildman–Crippen LogP) is 4.74. The van der Waals surface area contributed by atoms with E-state index in [0.717, 1.165) is 33.6 Å². The molecule has 0 unspecified atom stereocenters. The first-order chi connectivity index (χ1) is 11.1. The molecule has 0 bridgehead atoms. The van der Waals surface area contributed by atoms with Crippen LogP contribution in [0.5, 0.6) is 0 Å². The first kappa shape index (κ1) is 15.5. The van der Waals surface area contributed by atoms with Crippen molar-refractivity contribution in [2.45, 2.75) is 12.1 Å². The molecule has 116 valence electrons. The Labute approximate surface area is 138 Å². The lowest BCUT2D eigenvalue weighted by Crippen LogP contribution is -2.00. The maximum absolute atomic E-state index is 13.2. The zero-order valence-electron chi connectivity index (χ0n) is 12.7. The summed E-state index contributed by atoms with van der Waals surface area (Å²) in [6.07, 6.45) is 0. The second-order valence-corrected chi connectivity index (χ2v) is 6.17. The Morgan fingerprint density at radius 1 is 1.09 bits per heavy atom. The van der Waals surface area contributed by atoms with Gasteiger partial charge < -0.3 is 0 Å². The monoisotopic (exact) mass is 325 g/mol. The topological polar surface area (TPSA) is 30.7 Å². The van der Waals surface area contributed by atoms with E-state index in [2.05, 4.69) is 16.8 Å². The van der Waals surface area contributed by atoms with Crippen LogP contribution in [0.1, 0.15) is 6.92 Å². The summed E-state index contributed by atoms with van der Waals surface area (Å²) in [6, 6.07) is 16.2. The fraction of sp³-hybridized carbons (Fsp3) is 0.111. The van der Waals surface area contributed by atoms with E-state index in [0.29, 0.717) is 0 Å². The molecule has 23 heavy (non-hydrogen) atoms. The standard InChI is InChI=1S/C18H16FN3S/c1-13(2)12-23-18-21-20-17(14-6-4-3-5-7-14)22(18)16-10-8-15(19)9-11-16/h3-11H,1,12H2,2H3. The maximum Gasteiger partial charge on any atom is 0.196 e. The van der Waals surface area contributed by atoms with Crippen LogP contribution in [0.25, 0.3) is 17.1 Å². The summed E-state index contributed by atoms with van der Waals surface area (Å²) in [6.45, 7) is 5.90. The van der Waals surface area contributed by atoms with Crippen LogP contribution >= 0.6 is 11.8 Å². The molecule has 3 rings (SSSR count). The number of hydrogen-bond acceptors (Lipinski definition) is 3. The number of benzene rings is 2. The van der Waals surface area contributed by atoms with Gasteiger partial charge in [0.15, 0.2) is 11.0 Å². The van der Waals surface area contributed by atoms with Crippen molar-refractivity contribution in [1.82, 2.24) is 14.8 Å². The van der Waals surface area contributed by atoms with Crippen molar-refractivity contribution in [2.75, 3.05) is 5.75 Å². The van der Waals surface area contributed by atoms with Crippen molar-refractivity contribution in [3.8, 4) is 17.1 Å². The molecule has 0 atom stereocenters. The fourth-order valence-corrected chi connectivity index (χ4v) is 2.94. The molecule has 0 spiro atoms. The van der Waals surface area contributed by atoms with Crippen molar-refractivity contribution >= 4 is 11.8 Å².